The first-order chi connectivity index (χ1) is 5.72. The number of aliphatic hydroxyl groups is 2. The third-order valence-corrected chi connectivity index (χ3v) is 2.59. The van der Waals surface area contributed by atoms with Gasteiger partial charge in [0.2, 0.25) is 0 Å². The van der Waals surface area contributed by atoms with Gasteiger partial charge in [0, 0.05) is 5.92 Å². The second kappa shape index (κ2) is 3.23. The summed E-state index contributed by atoms with van der Waals surface area (Å²) >= 11 is 0. The van der Waals surface area contributed by atoms with Gasteiger partial charge in [0.15, 0.2) is 0 Å². The molecule has 0 aromatic heterocycles. The first-order valence-corrected chi connectivity index (χ1v) is 4.77. The molecular weight excluding hydrogens is 168 g/mol. The van der Waals surface area contributed by atoms with E-state index in [1.807, 2.05) is 13.8 Å². The third kappa shape index (κ3) is 2.66. The molecule has 2 unspecified atom stereocenters. The Kier molecular flexibility index (Phi) is 2.72. The monoisotopic (exact) mass is 188 g/mol. The summed E-state index contributed by atoms with van der Waals surface area (Å²) in [5, 5.41) is 19.4. The van der Waals surface area contributed by atoms with Gasteiger partial charge < -0.3 is 14.9 Å². The number of rotatable bonds is 2. The molecule has 1 fully saturated rings. The predicted molar refractivity (Wildman–Crippen MR) is 50.4 cm³/mol. The van der Waals surface area contributed by atoms with E-state index in [1.54, 1.807) is 13.8 Å². The molecule has 0 aromatic carbocycles. The molecule has 0 bridgehead atoms. The van der Waals surface area contributed by atoms with Crippen LogP contribution in [-0.4, -0.2) is 34.1 Å². The maximum Gasteiger partial charge on any atom is 0.0888 e. The van der Waals surface area contributed by atoms with E-state index in [-0.39, 0.29) is 5.92 Å². The van der Waals surface area contributed by atoms with Crippen molar-refractivity contribution in [3.05, 3.63) is 0 Å². The van der Waals surface area contributed by atoms with Crippen molar-refractivity contribution in [2.45, 2.75) is 51.4 Å². The van der Waals surface area contributed by atoms with Crippen molar-refractivity contribution in [1.82, 2.24) is 0 Å². The zero-order valence-corrected chi connectivity index (χ0v) is 8.87. The molecule has 1 aliphatic rings. The van der Waals surface area contributed by atoms with Gasteiger partial charge in [-0.05, 0) is 34.1 Å². The summed E-state index contributed by atoms with van der Waals surface area (Å²) < 4.78 is 5.45. The molecule has 2 atom stereocenters. The first-order valence-electron chi connectivity index (χ1n) is 4.77. The highest BCUT2D eigenvalue weighted by atomic mass is 16.5. The van der Waals surface area contributed by atoms with E-state index in [1.165, 1.54) is 0 Å². The Labute approximate surface area is 79.7 Å². The molecule has 13 heavy (non-hydrogen) atoms. The van der Waals surface area contributed by atoms with Crippen molar-refractivity contribution in [1.29, 1.82) is 0 Å². The van der Waals surface area contributed by atoms with Gasteiger partial charge in [0.25, 0.3) is 0 Å². The maximum absolute atomic E-state index is 9.84. The van der Waals surface area contributed by atoms with Crippen molar-refractivity contribution in [3.8, 4) is 0 Å². The highest BCUT2D eigenvalue weighted by Gasteiger charge is 2.43. The zero-order valence-electron chi connectivity index (χ0n) is 8.87. The van der Waals surface area contributed by atoms with Crippen LogP contribution in [0.25, 0.3) is 0 Å². The predicted octanol–water partition coefficient (Wildman–Crippen LogP) is 0.933. The van der Waals surface area contributed by atoms with Gasteiger partial charge in [-0.1, -0.05) is 0 Å². The lowest BCUT2D eigenvalue weighted by molar-refractivity contribution is -0.0346. The normalized spacial score (nSPS) is 33.7. The molecule has 2 N–H and O–H groups in total. The van der Waals surface area contributed by atoms with Gasteiger partial charge in [0.05, 0.1) is 23.9 Å². The molecule has 0 saturated carbocycles. The topological polar surface area (TPSA) is 49.7 Å². The molecular formula is C10H20O3. The lowest BCUT2D eigenvalue weighted by Crippen LogP contribution is -2.37. The summed E-state index contributed by atoms with van der Waals surface area (Å²) in [5.74, 6) is 0.0509. The van der Waals surface area contributed by atoms with Crippen LogP contribution < -0.4 is 0 Å². The maximum atomic E-state index is 9.84. The molecule has 0 aliphatic carbocycles. The largest absolute Gasteiger partial charge is 0.390 e. The number of hydrogen-bond donors (Lipinski definition) is 2. The van der Waals surface area contributed by atoms with E-state index in [4.69, 9.17) is 4.74 Å². The average molecular weight is 188 g/mol. The van der Waals surface area contributed by atoms with Crippen molar-refractivity contribution >= 4 is 0 Å². The average Bonchev–Trinajstić information content (AvgIpc) is 2.13. The van der Waals surface area contributed by atoms with Gasteiger partial charge in [-0.15, -0.1) is 0 Å². The van der Waals surface area contributed by atoms with Gasteiger partial charge >= 0.3 is 0 Å². The summed E-state index contributed by atoms with van der Waals surface area (Å²) in [7, 11) is 0. The quantitative estimate of drug-likeness (QED) is 0.678. The van der Waals surface area contributed by atoms with E-state index in [0.717, 1.165) is 0 Å². The van der Waals surface area contributed by atoms with Crippen LogP contribution in [0.15, 0.2) is 0 Å². The Balaban J connectivity index is 2.56. The lowest BCUT2D eigenvalue weighted by Gasteiger charge is -2.26. The fourth-order valence-corrected chi connectivity index (χ4v) is 1.88. The second-order valence-electron chi connectivity index (χ2n) is 5.14. The van der Waals surface area contributed by atoms with E-state index in [9.17, 15) is 10.2 Å². The number of ether oxygens (including phenoxy) is 1. The number of hydrogen-bond acceptors (Lipinski definition) is 3. The van der Waals surface area contributed by atoms with Gasteiger partial charge in [-0.2, -0.15) is 0 Å². The Bertz CT molecular complexity index is 181. The molecule has 0 spiro atoms. The molecule has 0 amide bonds. The summed E-state index contributed by atoms with van der Waals surface area (Å²) in [5.41, 5.74) is -1.19. The SMILES string of the molecule is CC(C)(O)CC1COC(C)(C)C1O. The van der Waals surface area contributed by atoms with Crippen molar-refractivity contribution in [2.75, 3.05) is 6.61 Å². The van der Waals surface area contributed by atoms with E-state index < -0.39 is 17.3 Å². The first kappa shape index (κ1) is 11.0. The molecule has 78 valence electrons. The Morgan fingerprint density at radius 2 is 2.00 bits per heavy atom. The minimum Gasteiger partial charge on any atom is -0.390 e. The van der Waals surface area contributed by atoms with Crippen LogP contribution in [-0.2, 0) is 4.74 Å². The minimum atomic E-state index is -0.727. The third-order valence-electron chi connectivity index (χ3n) is 2.59. The fourth-order valence-electron chi connectivity index (χ4n) is 1.88. The smallest absolute Gasteiger partial charge is 0.0888 e. The van der Waals surface area contributed by atoms with E-state index >= 15 is 0 Å². The summed E-state index contributed by atoms with van der Waals surface area (Å²) in [6.45, 7) is 7.80. The van der Waals surface area contributed by atoms with Gasteiger partial charge in [-0.3, -0.25) is 0 Å². The van der Waals surface area contributed by atoms with Crippen LogP contribution in [0.5, 0.6) is 0 Å². The van der Waals surface area contributed by atoms with Crippen molar-refractivity contribution < 1.29 is 14.9 Å². The summed E-state index contributed by atoms with van der Waals surface area (Å²) in [6, 6.07) is 0. The molecule has 1 aliphatic heterocycles. The van der Waals surface area contributed by atoms with Gasteiger partial charge in [0.1, 0.15) is 0 Å². The molecule has 3 nitrogen and oxygen atoms in total. The highest BCUT2D eigenvalue weighted by molar-refractivity contribution is 4.92. The Hall–Kier alpha value is -0.120. The van der Waals surface area contributed by atoms with E-state index in [0.29, 0.717) is 13.0 Å². The van der Waals surface area contributed by atoms with Crippen molar-refractivity contribution in [3.63, 3.8) is 0 Å². The highest BCUT2D eigenvalue weighted by Crippen LogP contribution is 2.34. The van der Waals surface area contributed by atoms with Crippen LogP contribution in [0.4, 0.5) is 0 Å². The zero-order chi connectivity index (χ0) is 10.3. The van der Waals surface area contributed by atoms with Crippen LogP contribution in [0, 0.1) is 5.92 Å². The number of aliphatic hydroxyl groups excluding tert-OH is 1. The van der Waals surface area contributed by atoms with Gasteiger partial charge in [-0.25, -0.2) is 0 Å². The minimum absolute atomic E-state index is 0.0509. The molecule has 0 radical (unpaired) electrons. The Morgan fingerprint density at radius 1 is 1.46 bits per heavy atom. The molecule has 1 heterocycles. The molecule has 1 rings (SSSR count). The van der Waals surface area contributed by atoms with Crippen molar-refractivity contribution in [2.24, 2.45) is 5.92 Å². The molecule has 0 aromatic rings. The molecule has 1 saturated heterocycles. The molecule has 3 heteroatoms. The van der Waals surface area contributed by atoms with Crippen LogP contribution in [0.1, 0.15) is 34.1 Å². The lowest BCUT2D eigenvalue weighted by atomic mass is 9.86. The van der Waals surface area contributed by atoms with Crippen LogP contribution in [0.2, 0.25) is 0 Å². The van der Waals surface area contributed by atoms with E-state index in [2.05, 4.69) is 0 Å². The standard InChI is InChI=1S/C10H20O3/c1-9(2,12)5-7-6-13-10(3,4)8(7)11/h7-8,11-12H,5-6H2,1-4H3. The van der Waals surface area contributed by atoms with Crippen LogP contribution >= 0.6 is 0 Å². The Morgan fingerprint density at radius 3 is 2.31 bits per heavy atom. The summed E-state index contributed by atoms with van der Waals surface area (Å²) in [6.07, 6.45) is 0.108. The second-order valence-corrected chi connectivity index (χ2v) is 5.14. The summed E-state index contributed by atoms with van der Waals surface area (Å²) in [4.78, 5) is 0. The van der Waals surface area contributed by atoms with Crippen LogP contribution in [0.3, 0.4) is 0 Å². The fraction of sp³-hybridized carbons (Fsp3) is 1.00.